The van der Waals surface area contributed by atoms with Crippen molar-refractivity contribution in [2.75, 3.05) is 32.4 Å². The summed E-state index contributed by atoms with van der Waals surface area (Å²) in [7, 11) is 1.90. The number of nitrogens with two attached hydrogens (primary N) is 1. The molecule has 0 bridgehead atoms. The average Bonchev–Trinajstić information content (AvgIpc) is 2.46. The van der Waals surface area contributed by atoms with Crippen molar-refractivity contribution in [2.24, 2.45) is 0 Å². The standard InChI is InChI=1S/C16H25N3O/c1-4-19-10-8-13(9-11-19)18(3)16(20)15-12(2)6-5-7-14(15)17/h5-7,13H,4,8-11,17H2,1-3H3. The van der Waals surface area contributed by atoms with Crippen molar-refractivity contribution in [3.8, 4) is 0 Å². The van der Waals surface area contributed by atoms with Gasteiger partial charge in [-0.3, -0.25) is 4.79 Å². The molecule has 1 aliphatic rings. The van der Waals surface area contributed by atoms with Crippen LogP contribution in [0, 0.1) is 6.92 Å². The summed E-state index contributed by atoms with van der Waals surface area (Å²) in [5.74, 6) is 0.0514. The zero-order valence-electron chi connectivity index (χ0n) is 12.7. The molecular weight excluding hydrogens is 250 g/mol. The van der Waals surface area contributed by atoms with E-state index in [2.05, 4.69) is 11.8 Å². The monoisotopic (exact) mass is 275 g/mol. The Kier molecular flexibility index (Phi) is 4.65. The van der Waals surface area contributed by atoms with Crippen molar-refractivity contribution in [1.82, 2.24) is 9.80 Å². The number of carbonyl (C=O) groups excluding carboxylic acids is 1. The third kappa shape index (κ3) is 2.96. The molecule has 0 atom stereocenters. The van der Waals surface area contributed by atoms with Crippen LogP contribution >= 0.6 is 0 Å². The van der Waals surface area contributed by atoms with E-state index in [9.17, 15) is 4.79 Å². The second-order valence-electron chi connectivity index (χ2n) is 5.62. The van der Waals surface area contributed by atoms with Gasteiger partial charge in [-0.2, -0.15) is 0 Å². The number of carbonyl (C=O) groups is 1. The lowest BCUT2D eigenvalue weighted by Gasteiger charge is -2.36. The Morgan fingerprint density at radius 2 is 2.05 bits per heavy atom. The van der Waals surface area contributed by atoms with Gasteiger partial charge in [-0.1, -0.05) is 19.1 Å². The predicted octanol–water partition coefficient (Wildman–Crippen LogP) is 2.13. The fourth-order valence-corrected chi connectivity index (χ4v) is 2.95. The Morgan fingerprint density at radius 3 is 2.60 bits per heavy atom. The smallest absolute Gasteiger partial charge is 0.256 e. The quantitative estimate of drug-likeness (QED) is 0.860. The van der Waals surface area contributed by atoms with Crippen molar-refractivity contribution >= 4 is 11.6 Å². The van der Waals surface area contributed by atoms with E-state index in [0.717, 1.165) is 38.0 Å². The number of benzene rings is 1. The van der Waals surface area contributed by atoms with Crippen LogP contribution in [0.4, 0.5) is 5.69 Å². The summed E-state index contributed by atoms with van der Waals surface area (Å²) in [5.41, 5.74) is 8.17. The van der Waals surface area contributed by atoms with E-state index < -0.39 is 0 Å². The minimum Gasteiger partial charge on any atom is -0.398 e. The average molecular weight is 275 g/mol. The van der Waals surface area contributed by atoms with Crippen LogP contribution in [0.1, 0.15) is 35.7 Å². The van der Waals surface area contributed by atoms with Gasteiger partial charge in [0.2, 0.25) is 0 Å². The third-order valence-corrected chi connectivity index (χ3v) is 4.39. The summed E-state index contributed by atoms with van der Waals surface area (Å²) >= 11 is 0. The lowest BCUT2D eigenvalue weighted by atomic mass is 10.0. The SMILES string of the molecule is CCN1CCC(N(C)C(=O)c2c(C)cccc2N)CC1. The lowest BCUT2D eigenvalue weighted by Crippen LogP contribution is -2.45. The fraction of sp³-hybridized carbons (Fsp3) is 0.562. The molecule has 0 aliphatic carbocycles. The van der Waals surface area contributed by atoms with Crippen LogP contribution in [-0.4, -0.2) is 48.4 Å². The first kappa shape index (κ1) is 14.9. The molecule has 1 aromatic carbocycles. The molecule has 110 valence electrons. The molecule has 0 saturated carbocycles. The maximum absolute atomic E-state index is 12.7. The Hall–Kier alpha value is -1.55. The maximum Gasteiger partial charge on any atom is 0.256 e. The molecule has 0 unspecified atom stereocenters. The highest BCUT2D eigenvalue weighted by molar-refractivity contribution is 6.00. The van der Waals surface area contributed by atoms with Gasteiger partial charge in [0.15, 0.2) is 0 Å². The zero-order chi connectivity index (χ0) is 14.7. The molecule has 0 spiro atoms. The number of rotatable bonds is 3. The fourth-order valence-electron chi connectivity index (χ4n) is 2.95. The van der Waals surface area contributed by atoms with Crippen LogP contribution in [0.15, 0.2) is 18.2 Å². The number of piperidine rings is 1. The molecule has 1 aliphatic heterocycles. The minimum atomic E-state index is 0.0514. The van der Waals surface area contributed by atoms with E-state index in [1.54, 1.807) is 6.07 Å². The first-order valence-electron chi connectivity index (χ1n) is 7.39. The molecule has 20 heavy (non-hydrogen) atoms. The molecule has 1 fully saturated rings. The van der Waals surface area contributed by atoms with Gasteiger partial charge in [-0.15, -0.1) is 0 Å². The van der Waals surface area contributed by atoms with Gasteiger partial charge in [0.05, 0.1) is 5.56 Å². The molecule has 1 saturated heterocycles. The van der Waals surface area contributed by atoms with Crippen LogP contribution < -0.4 is 5.73 Å². The number of nitrogens with zero attached hydrogens (tertiary/aromatic N) is 2. The van der Waals surface area contributed by atoms with Gasteiger partial charge in [0.25, 0.3) is 5.91 Å². The highest BCUT2D eigenvalue weighted by Crippen LogP contribution is 2.22. The molecule has 2 rings (SSSR count). The lowest BCUT2D eigenvalue weighted by molar-refractivity contribution is 0.0647. The van der Waals surface area contributed by atoms with Crippen molar-refractivity contribution in [3.05, 3.63) is 29.3 Å². The molecule has 1 heterocycles. The topological polar surface area (TPSA) is 49.6 Å². The summed E-state index contributed by atoms with van der Waals surface area (Å²) in [4.78, 5) is 17.0. The first-order chi connectivity index (χ1) is 9.54. The highest BCUT2D eigenvalue weighted by atomic mass is 16.2. The van der Waals surface area contributed by atoms with Crippen LogP contribution in [0.3, 0.4) is 0 Å². The number of hydrogen-bond donors (Lipinski definition) is 1. The van der Waals surface area contributed by atoms with Gasteiger partial charge < -0.3 is 15.5 Å². The normalized spacial score (nSPS) is 17.1. The number of likely N-dealkylation sites (tertiary alicyclic amines) is 1. The van der Waals surface area contributed by atoms with E-state index in [1.807, 2.05) is 31.0 Å². The van der Waals surface area contributed by atoms with E-state index in [0.29, 0.717) is 17.3 Å². The first-order valence-corrected chi connectivity index (χ1v) is 7.39. The van der Waals surface area contributed by atoms with Crippen LogP contribution in [0.25, 0.3) is 0 Å². The van der Waals surface area contributed by atoms with Gasteiger partial charge in [-0.05, 0) is 37.9 Å². The van der Waals surface area contributed by atoms with Gasteiger partial charge in [-0.25, -0.2) is 0 Å². The Bertz CT molecular complexity index is 458. The van der Waals surface area contributed by atoms with Crippen molar-refractivity contribution in [1.29, 1.82) is 0 Å². The second-order valence-corrected chi connectivity index (χ2v) is 5.62. The minimum absolute atomic E-state index is 0.0514. The molecule has 4 heteroatoms. The van der Waals surface area contributed by atoms with Crippen LogP contribution in [0.5, 0.6) is 0 Å². The summed E-state index contributed by atoms with van der Waals surface area (Å²) in [6.45, 7) is 7.36. The number of aryl methyl sites for hydroxylation is 1. The maximum atomic E-state index is 12.7. The van der Waals surface area contributed by atoms with Crippen molar-refractivity contribution in [3.63, 3.8) is 0 Å². The summed E-state index contributed by atoms with van der Waals surface area (Å²) in [6.07, 6.45) is 2.09. The second kappa shape index (κ2) is 6.27. The predicted molar refractivity (Wildman–Crippen MR) is 82.8 cm³/mol. The van der Waals surface area contributed by atoms with Crippen LogP contribution in [0.2, 0.25) is 0 Å². The molecule has 1 amide bonds. The third-order valence-electron chi connectivity index (χ3n) is 4.39. The number of amides is 1. The van der Waals surface area contributed by atoms with Crippen molar-refractivity contribution in [2.45, 2.75) is 32.7 Å². The summed E-state index contributed by atoms with van der Waals surface area (Å²) in [5, 5.41) is 0. The number of hydrogen-bond acceptors (Lipinski definition) is 3. The van der Waals surface area contributed by atoms with E-state index in [-0.39, 0.29) is 5.91 Å². The molecule has 4 nitrogen and oxygen atoms in total. The zero-order valence-corrected chi connectivity index (χ0v) is 12.7. The Balaban J connectivity index is 2.10. The van der Waals surface area contributed by atoms with Gasteiger partial charge in [0.1, 0.15) is 0 Å². The van der Waals surface area contributed by atoms with Gasteiger partial charge >= 0.3 is 0 Å². The van der Waals surface area contributed by atoms with E-state index in [1.165, 1.54) is 0 Å². The Morgan fingerprint density at radius 1 is 1.40 bits per heavy atom. The molecular formula is C16H25N3O. The van der Waals surface area contributed by atoms with Crippen LogP contribution in [-0.2, 0) is 0 Å². The highest BCUT2D eigenvalue weighted by Gasteiger charge is 2.26. The molecule has 0 aromatic heterocycles. The van der Waals surface area contributed by atoms with Gasteiger partial charge in [0, 0.05) is 31.9 Å². The summed E-state index contributed by atoms with van der Waals surface area (Å²) < 4.78 is 0. The largest absolute Gasteiger partial charge is 0.398 e. The summed E-state index contributed by atoms with van der Waals surface area (Å²) in [6, 6.07) is 5.95. The molecule has 1 aromatic rings. The van der Waals surface area contributed by atoms with E-state index >= 15 is 0 Å². The molecule has 2 N–H and O–H groups in total. The number of anilines is 1. The Labute approximate surface area is 121 Å². The van der Waals surface area contributed by atoms with E-state index in [4.69, 9.17) is 5.73 Å². The van der Waals surface area contributed by atoms with Crippen molar-refractivity contribution < 1.29 is 4.79 Å². The number of nitrogen functional groups attached to an aromatic ring is 1. The molecule has 0 radical (unpaired) electrons.